The molecule has 2 fully saturated rings. The Labute approximate surface area is 180 Å². The molecule has 0 atom stereocenters. The van der Waals surface area contributed by atoms with Gasteiger partial charge >= 0.3 is 6.03 Å². The fourth-order valence-electron chi connectivity index (χ4n) is 3.84. The zero-order chi connectivity index (χ0) is 21.9. The number of nitrogens with zero attached hydrogens (tertiary/aromatic N) is 1. The number of ether oxygens (including phenoxy) is 1. The van der Waals surface area contributed by atoms with Gasteiger partial charge < -0.3 is 15.0 Å². The van der Waals surface area contributed by atoms with Crippen molar-refractivity contribution >= 4 is 21.7 Å². The Bertz CT molecular complexity index is 850. The molecule has 1 aliphatic heterocycles. The molecule has 30 heavy (non-hydrogen) atoms. The third-order valence-electron chi connectivity index (χ3n) is 5.95. The van der Waals surface area contributed by atoms with E-state index >= 15 is 0 Å². The summed E-state index contributed by atoms with van der Waals surface area (Å²) in [6, 6.07) is 5.49. The van der Waals surface area contributed by atoms with E-state index in [1.165, 1.54) is 12.8 Å². The summed E-state index contributed by atoms with van der Waals surface area (Å²) < 4.78 is 32.6. The van der Waals surface area contributed by atoms with Crippen molar-refractivity contribution in [1.82, 2.24) is 9.62 Å². The predicted octanol–water partition coefficient (Wildman–Crippen LogP) is 4.03. The fraction of sp³-hybridized carbons (Fsp3) is 0.682. The maximum Gasteiger partial charge on any atom is 0.321 e. The molecule has 1 saturated heterocycles. The molecule has 0 bridgehead atoms. The fourth-order valence-corrected chi connectivity index (χ4v) is 4.87. The van der Waals surface area contributed by atoms with E-state index in [9.17, 15) is 13.2 Å². The minimum atomic E-state index is -3.38. The van der Waals surface area contributed by atoms with E-state index < -0.39 is 14.8 Å². The second kappa shape index (κ2) is 9.14. The van der Waals surface area contributed by atoms with E-state index in [0.29, 0.717) is 32.0 Å². The van der Waals surface area contributed by atoms with E-state index in [-0.39, 0.29) is 12.1 Å². The zero-order valence-corrected chi connectivity index (χ0v) is 19.3. The summed E-state index contributed by atoms with van der Waals surface area (Å²) in [4.78, 5) is 14.4. The monoisotopic (exact) mass is 437 g/mol. The number of aryl methyl sites for hydroxylation is 1. The highest BCUT2D eigenvalue weighted by Gasteiger charge is 2.33. The normalized spacial score (nSPS) is 19.1. The minimum absolute atomic E-state index is 0.132. The van der Waals surface area contributed by atoms with Crippen molar-refractivity contribution < 1.29 is 17.9 Å². The average molecular weight is 438 g/mol. The van der Waals surface area contributed by atoms with Crippen molar-refractivity contribution in [2.24, 2.45) is 0 Å². The van der Waals surface area contributed by atoms with Crippen LogP contribution in [0.15, 0.2) is 18.2 Å². The van der Waals surface area contributed by atoms with E-state index in [2.05, 4.69) is 10.0 Å². The van der Waals surface area contributed by atoms with Crippen LogP contribution in [0.5, 0.6) is 5.75 Å². The molecule has 2 N–H and O–H groups in total. The van der Waals surface area contributed by atoms with Gasteiger partial charge in [-0.2, -0.15) is 0 Å². The van der Waals surface area contributed by atoms with Crippen molar-refractivity contribution in [3.05, 3.63) is 23.8 Å². The summed E-state index contributed by atoms with van der Waals surface area (Å²) in [5, 5.41) is 2.98. The first-order valence-electron chi connectivity index (χ1n) is 10.9. The third-order valence-corrected chi connectivity index (χ3v) is 8.21. The van der Waals surface area contributed by atoms with Gasteiger partial charge in [-0.05, 0) is 90.0 Å². The molecule has 8 heteroatoms. The van der Waals surface area contributed by atoms with Gasteiger partial charge in [0.05, 0.1) is 10.9 Å². The van der Waals surface area contributed by atoms with E-state index in [1.807, 2.05) is 25.1 Å². The predicted molar refractivity (Wildman–Crippen MR) is 119 cm³/mol. The zero-order valence-electron chi connectivity index (χ0n) is 18.5. The number of anilines is 1. The molecule has 0 radical (unpaired) electrons. The standard InChI is InChI=1S/C22H35N3O4S/c1-16-15-19(29-18-7-5-6-8-18)9-10-20(16)23-21(26)25-13-11-17(12-14-25)24-30(27,28)22(2,3)4/h9-10,15,17-18,24H,5-8,11-14H2,1-4H3,(H,23,26). The summed E-state index contributed by atoms with van der Waals surface area (Å²) in [5.74, 6) is 0.851. The van der Waals surface area contributed by atoms with E-state index in [0.717, 1.165) is 29.8 Å². The number of carbonyl (C=O) groups is 1. The van der Waals surface area contributed by atoms with Crippen LogP contribution in [0, 0.1) is 6.92 Å². The Hall–Kier alpha value is -1.80. The Morgan fingerprint density at radius 2 is 1.73 bits per heavy atom. The molecule has 3 rings (SSSR count). The number of sulfonamides is 1. The second-order valence-corrected chi connectivity index (χ2v) is 11.9. The van der Waals surface area contributed by atoms with Gasteiger partial charge in [-0.15, -0.1) is 0 Å². The van der Waals surface area contributed by atoms with E-state index in [1.54, 1.807) is 25.7 Å². The number of piperidine rings is 1. The van der Waals surface area contributed by atoms with Crippen molar-refractivity contribution in [3.8, 4) is 5.75 Å². The summed E-state index contributed by atoms with van der Waals surface area (Å²) in [6.45, 7) is 8.06. The number of benzene rings is 1. The van der Waals surface area contributed by atoms with Gasteiger partial charge in [0.25, 0.3) is 0 Å². The number of hydrogen-bond donors (Lipinski definition) is 2. The molecule has 0 unspecified atom stereocenters. The van der Waals surface area contributed by atoms with Crippen LogP contribution in [0.3, 0.4) is 0 Å². The third kappa shape index (κ3) is 5.66. The molecular formula is C22H35N3O4S. The number of rotatable bonds is 5. The average Bonchev–Trinajstić information content (AvgIpc) is 3.16. The van der Waals surface area contributed by atoms with Gasteiger partial charge in [0.1, 0.15) is 5.75 Å². The van der Waals surface area contributed by atoms with Gasteiger partial charge in [-0.3, -0.25) is 0 Å². The Kier molecular flexibility index (Phi) is 6.97. The molecular weight excluding hydrogens is 402 g/mol. The van der Waals surface area contributed by atoms with Gasteiger partial charge in [-0.1, -0.05) is 0 Å². The van der Waals surface area contributed by atoms with Crippen molar-refractivity contribution in [1.29, 1.82) is 0 Å². The highest BCUT2D eigenvalue weighted by Crippen LogP contribution is 2.27. The first kappa shape index (κ1) is 22.9. The molecule has 1 aromatic rings. The van der Waals surface area contributed by atoms with Crippen LogP contribution >= 0.6 is 0 Å². The van der Waals surface area contributed by atoms with Crippen LogP contribution < -0.4 is 14.8 Å². The first-order chi connectivity index (χ1) is 14.0. The molecule has 168 valence electrons. The Balaban J connectivity index is 1.51. The Morgan fingerprint density at radius 1 is 1.10 bits per heavy atom. The quantitative estimate of drug-likeness (QED) is 0.728. The lowest BCUT2D eigenvalue weighted by Crippen LogP contribution is -2.50. The number of urea groups is 1. The summed E-state index contributed by atoms with van der Waals surface area (Å²) >= 11 is 0. The lowest BCUT2D eigenvalue weighted by molar-refractivity contribution is 0.192. The van der Waals surface area contributed by atoms with Crippen molar-refractivity contribution in [2.75, 3.05) is 18.4 Å². The molecule has 0 aromatic heterocycles. The highest BCUT2D eigenvalue weighted by molar-refractivity contribution is 7.90. The van der Waals surface area contributed by atoms with Crippen LogP contribution in [0.4, 0.5) is 10.5 Å². The smallest absolute Gasteiger partial charge is 0.321 e. The van der Waals surface area contributed by atoms with Crippen LogP contribution in [0.25, 0.3) is 0 Å². The van der Waals surface area contributed by atoms with E-state index in [4.69, 9.17) is 4.74 Å². The van der Waals surface area contributed by atoms with Gasteiger partial charge in [0.2, 0.25) is 10.0 Å². The number of amides is 2. The van der Waals surface area contributed by atoms with Gasteiger partial charge in [0, 0.05) is 24.8 Å². The van der Waals surface area contributed by atoms with Crippen molar-refractivity contribution in [2.45, 2.75) is 83.1 Å². The highest BCUT2D eigenvalue weighted by atomic mass is 32.2. The molecule has 0 spiro atoms. The van der Waals surface area contributed by atoms with Crippen molar-refractivity contribution in [3.63, 3.8) is 0 Å². The largest absolute Gasteiger partial charge is 0.490 e. The molecule has 2 aliphatic rings. The van der Waals surface area contributed by atoms with Crippen LogP contribution in [-0.4, -0.2) is 49.3 Å². The topological polar surface area (TPSA) is 87.7 Å². The van der Waals surface area contributed by atoms with Crippen LogP contribution in [0.2, 0.25) is 0 Å². The maximum atomic E-state index is 12.7. The molecule has 7 nitrogen and oxygen atoms in total. The number of hydrogen-bond acceptors (Lipinski definition) is 4. The Morgan fingerprint density at radius 3 is 2.30 bits per heavy atom. The maximum absolute atomic E-state index is 12.7. The van der Waals surface area contributed by atoms with Gasteiger partial charge in [-0.25, -0.2) is 17.9 Å². The first-order valence-corrected chi connectivity index (χ1v) is 12.4. The SMILES string of the molecule is Cc1cc(OC2CCCC2)ccc1NC(=O)N1CCC(NS(=O)(=O)C(C)(C)C)CC1. The molecule has 1 aromatic carbocycles. The minimum Gasteiger partial charge on any atom is -0.490 e. The summed E-state index contributed by atoms with van der Waals surface area (Å²) in [6.07, 6.45) is 6.20. The molecule has 2 amide bonds. The molecule has 1 aliphatic carbocycles. The summed E-state index contributed by atoms with van der Waals surface area (Å²) in [7, 11) is -3.38. The van der Waals surface area contributed by atoms with Gasteiger partial charge in [0.15, 0.2) is 0 Å². The summed E-state index contributed by atoms with van der Waals surface area (Å²) in [5.41, 5.74) is 1.74. The molecule has 1 heterocycles. The number of carbonyl (C=O) groups excluding carboxylic acids is 1. The van der Waals surface area contributed by atoms with Crippen LogP contribution in [-0.2, 0) is 10.0 Å². The molecule has 1 saturated carbocycles. The lowest BCUT2D eigenvalue weighted by atomic mass is 10.1. The second-order valence-electron chi connectivity index (χ2n) is 9.43. The van der Waals surface area contributed by atoms with Crippen LogP contribution in [0.1, 0.15) is 64.9 Å². The number of likely N-dealkylation sites (tertiary alicyclic amines) is 1. The number of nitrogens with one attached hydrogen (secondary N) is 2. The lowest BCUT2D eigenvalue weighted by Gasteiger charge is -2.33.